The second kappa shape index (κ2) is 11.4. The smallest absolute Gasteiger partial charge is 0.0195 e. The highest BCUT2D eigenvalue weighted by atomic mass is 14.1. The van der Waals surface area contributed by atoms with Gasteiger partial charge in [0.15, 0.2) is 0 Å². The van der Waals surface area contributed by atoms with E-state index in [0.29, 0.717) is 5.92 Å². The number of hydrogen-bond acceptors (Lipinski definition) is 0. The van der Waals surface area contributed by atoms with Gasteiger partial charge >= 0.3 is 0 Å². The van der Waals surface area contributed by atoms with Gasteiger partial charge in [0.2, 0.25) is 0 Å². The van der Waals surface area contributed by atoms with Crippen LogP contribution in [0.5, 0.6) is 0 Å². The van der Waals surface area contributed by atoms with Crippen molar-refractivity contribution in [2.75, 3.05) is 0 Å². The van der Waals surface area contributed by atoms with Crippen molar-refractivity contribution in [3.8, 4) is 0 Å². The summed E-state index contributed by atoms with van der Waals surface area (Å²) in [5, 5.41) is 0. The molecule has 0 bridgehead atoms. The summed E-state index contributed by atoms with van der Waals surface area (Å²) in [6, 6.07) is 16.0. The Bertz CT molecular complexity index is 770. The first-order valence-electron chi connectivity index (χ1n) is 9.91. The lowest BCUT2D eigenvalue weighted by molar-refractivity contribution is 0.862. The van der Waals surface area contributed by atoms with E-state index in [0.717, 1.165) is 12.8 Å². The first-order valence-corrected chi connectivity index (χ1v) is 9.91. The number of rotatable bonds is 6. The molecule has 0 unspecified atom stereocenters. The minimum atomic E-state index is 0.603. The summed E-state index contributed by atoms with van der Waals surface area (Å²) < 4.78 is 0. The van der Waals surface area contributed by atoms with Crippen molar-refractivity contribution in [3.05, 3.63) is 101 Å². The molecule has 0 saturated heterocycles. The molecule has 2 aromatic rings. The summed E-state index contributed by atoms with van der Waals surface area (Å²) in [6.45, 7) is 19.2. The third kappa shape index (κ3) is 6.71. The van der Waals surface area contributed by atoms with E-state index in [-0.39, 0.29) is 0 Å². The fraction of sp³-hybridized carbons (Fsp3) is 0.333. The van der Waals surface area contributed by atoms with Gasteiger partial charge in [0.05, 0.1) is 0 Å². The van der Waals surface area contributed by atoms with Gasteiger partial charge in [-0.05, 0) is 85.4 Å². The SMILES string of the molecule is C/C=C\C(C)=C(/C)c1ccc(CCc2ccc(C(C)C)cc2)cc1C.C=C. The van der Waals surface area contributed by atoms with Gasteiger partial charge in [-0.25, -0.2) is 0 Å². The van der Waals surface area contributed by atoms with Crippen LogP contribution in [0, 0.1) is 6.92 Å². The minimum absolute atomic E-state index is 0.603. The number of allylic oxidation sites excluding steroid dienone is 4. The van der Waals surface area contributed by atoms with Crippen LogP contribution in [0.2, 0.25) is 0 Å². The molecular weight excluding hydrogens is 324 g/mol. The van der Waals surface area contributed by atoms with Crippen LogP contribution < -0.4 is 0 Å². The van der Waals surface area contributed by atoms with Crippen molar-refractivity contribution < 1.29 is 0 Å². The third-order valence-electron chi connectivity index (χ3n) is 5.05. The standard InChI is InChI=1S/C25H32.C2H4/c1-7-8-19(4)21(6)25-16-13-23(17-20(25)5)10-9-22-11-14-24(15-12-22)18(2)3;1-2/h7-8,11-18H,9-10H2,1-6H3;1-2H2/b8-7-,21-19+;. The van der Waals surface area contributed by atoms with Crippen molar-refractivity contribution in [1.82, 2.24) is 0 Å². The molecule has 0 saturated carbocycles. The fourth-order valence-corrected chi connectivity index (χ4v) is 3.25. The second-order valence-corrected chi connectivity index (χ2v) is 7.35. The van der Waals surface area contributed by atoms with E-state index >= 15 is 0 Å². The van der Waals surface area contributed by atoms with Gasteiger partial charge in [-0.1, -0.05) is 68.5 Å². The normalized spacial score (nSPS) is 12.0. The Kier molecular flexibility index (Phi) is 9.58. The molecule has 0 aliphatic rings. The molecule has 2 aromatic carbocycles. The zero-order valence-corrected chi connectivity index (χ0v) is 18.1. The lowest BCUT2D eigenvalue weighted by atomic mass is 9.94. The highest BCUT2D eigenvalue weighted by Gasteiger charge is 2.05. The molecule has 0 aromatic heterocycles. The molecule has 0 aliphatic heterocycles. The van der Waals surface area contributed by atoms with Crippen LogP contribution in [0.4, 0.5) is 0 Å². The van der Waals surface area contributed by atoms with E-state index in [4.69, 9.17) is 0 Å². The molecule has 0 heteroatoms. The second-order valence-electron chi connectivity index (χ2n) is 7.35. The van der Waals surface area contributed by atoms with Gasteiger partial charge in [0, 0.05) is 0 Å². The Morgan fingerprint density at radius 2 is 1.48 bits per heavy atom. The van der Waals surface area contributed by atoms with E-state index in [2.05, 4.69) is 109 Å². The van der Waals surface area contributed by atoms with Gasteiger partial charge in [-0.15, -0.1) is 13.2 Å². The van der Waals surface area contributed by atoms with Gasteiger partial charge < -0.3 is 0 Å². The molecule has 0 heterocycles. The molecule has 0 atom stereocenters. The minimum Gasteiger partial charge on any atom is -0.106 e. The Labute approximate surface area is 167 Å². The predicted molar refractivity (Wildman–Crippen MR) is 123 cm³/mol. The summed E-state index contributed by atoms with van der Waals surface area (Å²) in [5.74, 6) is 0.603. The van der Waals surface area contributed by atoms with Gasteiger partial charge in [0.25, 0.3) is 0 Å². The van der Waals surface area contributed by atoms with Crippen LogP contribution in [0.1, 0.15) is 68.4 Å². The first kappa shape index (κ1) is 22.7. The number of aryl methyl sites for hydroxylation is 3. The summed E-state index contributed by atoms with van der Waals surface area (Å²) in [5.41, 5.74) is 9.70. The number of hydrogen-bond donors (Lipinski definition) is 0. The molecule has 0 spiro atoms. The largest absolute Gasteiger partial charge is 0.106 e. The van der Waals surface area contributed by atoms with Crippen LogP contribution in [-0.4, -0.2) is 0 Å². The highest BCUT2D eigenvalue weighted by molar-refractivity contribution is 5.71. The van der Waals surface area contributed by atoms with Crippen molar-refractivity contribution in [3.63, 3.8) is 0 Å². The molecule has 0 aliphatic carbocycles. The van der Waals surface area contributed by atoms with Gasteiger partial charge in [0.1, 0.15) is 0 Å². The summed E-state index contributed by atoms with van der Waals surface area (Å²) in [7, 11) is 0. The zero-order chi connectivity index (χ0) is 20.4. The molecule has 0 fully saturated rings. The van der Waals surface area contributed by atoms with Gasteiger partial charge in [-0.3, -0.25) is 0 Å². The van der Waals surface area contributed by atoms with E-state index in [1.807, 2.05) is 0 Å². The van der Waals surface area contributed by atoms with Crippen LogP contribution in [0.3, 0.4) is 0 Å². The maximum atomic E-state index is 3.00. The van der Waals surface area contributed by atoms with E-state index in [1.165, 1.54) is 39.0 Å². The highest BCUT2D eigenvalue weighted by Crippen LogP contribution is 2.24. The summed E-state index contributed by atoms with van der Waals surface area (Å²) in [4.78, 5) is 0. The van der Waals surface area contributed by atoms with E-state index in [9.17, 15) is 0 Å². The molecule has 2 rings (SSSR count). The topological polar surface area (TPSA) is 0 Å². The molecule has 0 nitrogen and oxygen atoms in total. The van der Waals surface area contributed by atoms with Crippen molar-refractivity contribution in [2.45, 2.75) is 60.3 Å². The summed E-state index contributed by atoms with van der Waals surface area (Å²) in [6.07, 6.45) is 6.49. The summed E-state index contributed by atoms with van der Waals surface area (Å²) >= 11 is 0. The van der Waals surface area contributed by atoms with E-state index < -0.39 is 0 Å². The Morgan fingerprint density at radius 1 is 0.926 bits per heavy atom. The molecule has 144 valence electrons. The monoisotopic (exact) mass is 360 g/mol. The van der Waals surface area contributed by atoms with Crippen LogP contribution in [0.25, 0.3) is 5.57 Å². The third-order valence-corrected chi connectivity index (χ3v) is 5.05. The molecule has 0 N–H and O–H groups in total. The quantitative estimate of drug-likeness (QED) is 0.361. The Balaban J connectivity index is 0.00000176. The van der Waals surface area contributed by atoms with Crippen molar-refractivity contribution in [1.29, 1.82) is 0 Å². The lowest BCUT2D eigenvalue weighted by Crippen LogP contribution is -1.95. The predicted octanol–water partition coefficient (Wildman–Crippen LogP) is 8.08. The first-order chi connectivity index (χ1) is 12.9. The lowest BCUT2D eigenvalue weighted by Gasteiger charge is -2.12. The van der Waals surface area contributed by atoms with Crippen LogP contribution in [-0.2, 0) is 12.8 Å². The van der Waals surface area contributed by atoms with E-state index in [1.54, 1.807) is 0 Å². The average Bonchev–Trinajstić information content (AvgIpc) is 2.68. The Morgan fingerprint density at radius 3 is 2.00 bits per heavy atom. The molecular formula is C27H36. The number of benzene rings is 2. The Hall–Kier alpha value is -2.34. The van der Waals surface area contributed by atoms with Crippen LogP contribution in [0.15, 0.2) is 73.3 Å². The molecule has 27 heavy (non-hydrogen) atoms. The van der Waals surface area contributed by atoms with Gasteiger partial charge in [-0.2, -0.15) is 0 Å². The van der Waals surface area contributed by atoms with Crippen molar-refractivity contribution >= 4 is 5.57 Å². The molecule has 0 amide bonds. The van der Waals surface area contributed by atoms with Crippen LogP contribution >= 0.6 is 0 Å². The maximum absolute atomic E-state index is 3.00. The fourth-order valence-electron chi connectivity index (χ4n) is 3.25. The molecule has 0 radical (unpaired) electrons. The van der Waals surface area contributed by atoms with Crippen molar-refractivity contribution in [2.24, 2.45) is 0 Å². The maximum Gasteiger partial charge on any atom is -0.0195 e. The zero-order valence-electron chi connectivity index (χ0n) is 18.1. The average molecular weight is 361 g/mol.